The van der Waals surface area contributed by atoms with Crippen molar-refractivity contribution in [2.45, 2.75) is 32.6 Å². The van der Waals surface area contributed by atoms with Crippen molar-refractivity contribution >= 4 is 22.4 Å². The van der Waals surface area contributed by atoms with Crippen LogP contribution in [0.15, 0.2) is 41.5 Å². The van der Waals surface area contributed by atoms with Crippen LogP contribution in [0.2, 0.25) is 0 Å². The van der Waals surface area contributed by atoms with E-state index in [2.05, 4.69) is 17.5 Å². The first-order valence-corrected chi connectivity index (χ1v) is 7.71. The predicted molar refractivity (Wildman–Crippen MR) is 88.1 cm³/mol. The lowest BCUT2D eigenvalue weighted by atomic mass is 9.89. The molecule has 0 aromatic heterocycles. The Morgan fingerprint density at radius 3 is 2.73 bits per heavy atom. The van der Waals surface area contributed by atoms with Gasteiger partial charge < -0.3 is 5.11 Å². The van der Waals surface area contributed by atoms with Gasteiger partial charge in [0.15, 0.2) is 0 Å². The molecule has 1 saturated carbocycles. The van der Waals surface area contributed by atoms with E-state index < -0.39 is 0 Å². The lowest BCUT2D eigenvalue weighted by Crippen LogP contribution is -2.22. The Kier molecular flexibility index (Phi) is 4.09. The number of hydrogen-bond donors (Lipinski definition) is 2. The summed E-state index contributed by atoms with van der Waals surface area (Å²) in [7, 11) is 0. The number of carbonyl (C=O) groups excluding carboxylic acids is 1. The molecule has 0 spiro atoms. The molecule has 114 valence electrons. The summed E-state index contributed by atoms with van der Waals surface area (Å²) in [6, 6.07) is 10.9. The SMILES string of the molecule is CC1CCC/C(=N\NC(=O)c2cc3ccccc3cc2O)C1. The standard InChI is InChI=1S/C18H20N2O2/c1-12-5-4-8-15(9-12)19-20-18(22)16-10-13-6-2-3-7-14(13)11-17(16)21/h2-3,6-7,10-12,21H,4-5,8-9H2,1H3,(H,20,22)/b19-15+. The Morgan fingerprint density at radius 1 is 1.27 bits per heavy atom. The number of benzene rings is 2. The van der Waals surface area contributed by atoms with E-state index in [-0.39, 0.29) is 17.2 Å². The van der Waals surface area contributed by atoms with Gasteiger partial charge in [-0.3, -0.25) is 4.79 Å². The third-order valence-corrected chi connectivity index (χ3v) is 4.17. The number of aromatic hydroxyl groups is 1. The van der Waals surface area contributed by atoms with Crippen LogP contribution in [0.3, 0.4) is 0 Å². The number of hydrazone groups is 1. The van der Waals surface area contributed by atoms with Crippen molar-refractivity contribution in [3.63, 3.8) is 0 Å². The number of hydrogen-bond acceptors (Lipinski definition) is 3. The minimum absolute atomic E-state index is 0.0200. The van der Waals surface area contributed by atoms with Crippen molar-refractivity contribution in [2.75, 3.05) is 0 Å². The Labute approximate surface area is 129 Å². The van der Waals surface area contributed by atoms with Gasteiger partial charge >= 0.3 is 0 Å². The highest BCUT2D eigenvalue weighted by atomic mass is 16.3. The average molecular weight is 296 g/mol. The third-order valence-electron chi connectivity index (χ3n) is 4.17. The van der Waals surface area contributed by atoms with Crippen LogP contribution in [0.4, 0.5) is 0 Å². The Balaban J connectivity index is 1.80. The second-order valence-corrected chi connectivity index (χ2v) is 6.04. The topological polar surface area (TPSA) is 61.7 Å². The number of phenols is 1. The Bertz CT molecular complexity index is 737. The van der Waals surface area contributed by atoms with Crippen LogP contribution in [0, 0.1) is 5.92 Å². The second kappa shape index (κ2) is 6.18. The number of amides is 1. The van der Waals surface area contributed by atoms with Gasteiger partial charge in [0.2, 0.25) is 0 Å². The van der Waals surface area contributed by atoms with Gasteiger partial charge in [-0.2, -0.15) is 5.10 Å². The van der Waals surface area contributed by atoms with Gasteiger partial charge in [0, 0.05) is 5.71 Å². The number of carbonyl (C=O) groups is 1. The molecule has 2 aromatic carbocycles. The van der Waals surface area contributed by atoms with Gasteiger partial charge in [0.1, 0.15) is 5.75 Å². The van der Waals surface area contributed by atoms with Crippen molar-refractivity contribution in [3.05, 3.63) is 42.0 Å². The fraction of sp³-hybridized carbons (Fsp3) is 0.333. The Morgan fingerprint density at radius 2 is 2.00 bits per heavy atom. The fourth-order valence-corrected chi connectivity index (χ4v) is 2.96. The number of nitrogens with zero attached hydrogens (tertiary/aromatic N) is 1. The molecule has 1 unspecified atom stereocenters. The second-order valence-electron chi connectivity index (χ2n) is 6.04. The molecule has 0 aliphatic heterocycles. The molecule has 1 aliphatic rings. The van der Waals surface area contributed by atoms with E-state index in [0.29, 0.717) is 5.92 Å². The molecule has 0 heterocycles. The van der Waals surface area contributed by atoms with E-state index in [1.54, 1.807) is 12.1 Å². The summed E-state index contributed by atoms with van der Waals surface area (Å²) in [5.74, 6) is 0.237. The summed E-state index contributed by atoms with van der Waals surface area (Å²) >= 11 is 0. The molecule has 0 bridgehead atoms. The highest BCUT2D eigenvalue weighted by Crippen LogP contribution is 2.25. The molecule has 0 radical (unpaired) electrons. The van der Waals surface area contributed by atoms with Crippen molar-refractivity contribution in [1.82, 2.24) is 5.43 Å². The summed E-state index contributed by atoms with van der Waals surface area (Å²) in [6.45, 7) is 2.20. The smallest absolute Gasteiger partial charge is 0.275 e. The molecule has 1 amide bonds. The minimum atomic E-state index is -0.367. The normalized spacial score (nSPS) is 20.2. The van der Waals surface area contributed by atoms with E-state index in [1.807, 2.05) is 24.3 Å². The summed E-state index contributed by atoms with van der Waals surface area (Å²) in [5, 5.41) is 16.1. The zero-order valence-corrected chi connectivity index (χ0v) is 12.7. The first-order valence-electron chi connectivity index (χ1n) is 7.71. The summed E-state index contributed by atoms with van der Waals surface area (Å²) < 4.78 is 0. The number of fused-ring (bicyclic) bond motifs is 1. The zero-order valence-electron chi connectivity index (χ0n) is 12.7. The van der Waals surface area contributed by atoms with Crippen LogP contribution in [0.1, 0.15) is 43.0 Å². The van der Waals surface area contributed by atoms with E-state index in [9.17, 15) is 9.90 Å². The van der Waals surface area contributed by atoms with Gasteiger partial charge in [-0.1, -0.05) is 31.2 Å². The minimum Gasteiger partial charge on any atom is -0.507 e. The predicted octanol–water partition coefficient (Wildman–Crippen LogP) is 3.84. The van der Waals surface area contributed by atoms with Crippen molar-refractivity contribution in [3.8, 4) is 5.75 Å². The maximum absolute atomic E-state index is 12.3. The van der Waals surface area contributed by atoms with Crippen LogP contribution in [0.5, 0.6) is 5.75 Å². The largest absolute Gasteiger partial charge is 0.507 e. The number of phenolic OH excluding ortho intramolecular Hbond substituents is 1. The van der Waals surface area contributed by atoms with Crippen molar-refractivity contribution in [2.24, 2.45) is 11.0 Å². The first-order chi connectivity index (χ1) is 10.6. The molecule has 4 heteroatoms. The lowest BCUT2D eigenvalue weighted by molar-refractivity contribution is 0.0952. The van der Waals surface area contributed by atoms with Crippen LogP contribution < -0.4 is 5.43 Å². The molecule has 3 rings (SSSR count). The first kappa shape index (κ1) is 14.6. The molecule has 0 saturated heterocycles. The molecular weight excluding hydrogens is 276 g/mol. The van der Waals surface area contributed by atoms with Gasteiger partial charge in [-0.05, 0) is 54.5 Å². The molecule has 1 fully saturated rings. The molecule has 1 atom stereocenters. The molecular formula is C18H20N2O2. The van der Waals surface area contributed by atoms with Crippen LogP contribution in [-0.2, 0) is 0 Å². The summed E-state index contributed by atoms with van der Waals surface area (Å²) in [5.41, 5.74) is 3.87. The van der Waals surface area contributed by atoms with Crippen molar-refractivity contribution < 1.29 is 9.90 Å². The van der Waals surface area contributed by atoms with Crippen LogP contribution in [-0.4, -0.2) is 16.7 Å². The monoisotopic (exact) mass is 296 g/mol. The maximum Gasteiger partial charge on any atom is 0.275 e. The molecule has 22 heavy (non-hydrogen) atoms. The van der Waals surface area contributed by atoms with Gasteiger partial charge in [-0.15, -0.1) is 0 Å². The number of rotatable bonds is 2. The van der Waals surface area contributed by atoms with Crippen LogP contribution >= 0.6 is 0 Å². The quantitative estimate of drug-likeness (QED) is 0.827. The van der Waals surface area contributed by atoms with E-state index in [4.69, 9.17) is 0 Å². The van der Waals surface area contributed by atoms with E-state index in [1.165, 1.54) is 6.42 Å². The Hall–Kier alpha value is -2.36. The molecule has 2 aromatic rings. The van der Waals surface area contributed by atoms with Gasteiger partial charge in [-0.25, -0.2) is 5.43 Å². The van der Waals surface area contributed by atoms with Crippen molar-refractivity contribution in [1.29, 1.82) is 0 Å². The highest BCUT2D eigenvalue weighted by Gasteiger charge is 2.16. The van der Waals surface area contributed by atoms with E-state index in [0.717, 1.165) is 35.7 Å². The van der Waals surface area contributed by atoms with Crippen LogP contribution in [0.25, 0.3) is 10.8 Å². The summed E-state index contributed by atoms with van der Waals surface area (Å²) in [6.07, 6.45) is 4.22. The fourth-order valence-electron chi connectivity index (χ4n) is 2.96. The number of nitrogens with one attached hydrogen (secondary N) is 1. The van der Waals surface area contributed by atoms with Gasteiger partial charge in [0.25, 0.3) is 5.91 Å². The third kappa shape index (κ3) is 3.11. The highest BCUT2D eigenvalue weighted by molar-refractivity contribution is 6.02. The molecule has 1 aliphatic carbocycles. The zero-order chi connectivity index (χ0) is 15.5. The maximum atomic E-state index is 12.3. The molecule has 2 N–H and O–H groups in total. The van der Waals surface area contributed by atoms with Gasteiger partial charge in [0.05, 0.1) is 5.56 Å². The summed E-state index contributed by atoms with van der Waals surface area (Å²) in [4.78, 5) is 12.3. The average Bonchev–Trinajstić information content (AvgIpc) is 2.52. The lowest BCUT2D eigenvalue weighted by Gasteiger charge is -2.19. The van der Waals surface area contributed by atoms with E-state index >= 15 is 0 Å². The molecule has 4 nitrogen and oxygen atoms in total.